The van der Waals surface area contributed by atoms with Crippen LogP contribution < -0.4 is 10.2 Å². The standard InChI is InChI=1S/C17H29N3/c1-4-11-18-12-15-9-10-17(19-13-15)20(3)16-8-6-5-7-14(16)2/h9-10,13-14,16,18H,4-8,11-12H2,1-3H3. The Bertz CT molecular complexity index is 388. The van der Waals surface area contributed by atoms with Crippen molar-refractivity contribution >= 4 is 5.82 Å². The fourth-order valence-electron chi connectivity index (χ4n) is 3.18. The Morgan fingerprint density at radius 2 is 2.10 bits per heavy atom. The van der Waals surface area contributed by atoms with Crippen molar-refractivity contribution in [3.63, 3.8) is 0 Å². The van der Waals surface area contributed by atoms with E-state index < -0.39 is 0 Å². The Morgan fingerprint density at radius 1 is 1.30 bits per heavy atom. The molecule has 1 saturated carbocycles. The fraction of sp³-hybridized carbons (Fsp3) is 0.706. The molecule has 20 heavy (non-hydrogen) atoms. The third-order valence-electron chi connectivity index (χ3n) is 4.49. The Balaban J connectivity index is 1.94. The first-order valence-electron chi connectivity index (χ1n) is 8.11. The van der Waals surface area contributed by atoms with Crippen LogP contribution in [0.5, 0.6) is 0 Å². The van der Waals surface area contributed by atoms with Crippen molar-refractivity contribution < 1.29 is 0 Å². The van der Waals surface area contributed by atoms with Crippen molar-refractivity contribution in [2.45, 2.75) is 58.5 Å². The van der Waals surface area contributed by atoms with Gasteiger partial charge in [-0.25, -0.2) is 4.98 Å². The first-order valence-corrected chi connectivity index (χ1v) is 8.11. The van der Waals surface area contributed by atoms with Gasteiger partial charge in [0.2, 0.25) is 0 Å². The minimum Gasteiger partial charge on any atom is -0.356 e. The normalized spacial score (nSPS) is 22.8. The van der Waals surface area contributed by atoms with Crippen LogP contribution in [0.15, 0.2) is 18.3 Å². The zero-order valence-electron chi connectivity index (χ0n) is 13.2. The molecule has 1 aromatic heterocycles. The van der Waals surface area contributed by atoms with E-state index in [1.165, 1.54) is 37.7 Å². The monoisotopic (exact) mass is 275 g/mol. The van der Waals surface area contributed by atoms with Gasteiger partial charge in [-0.1, -0.05) is 32.8 Å². The molecule has 1 aliphatic rings. The number of nitrogens with zero attached hydrogens (tertiary/aromatic N) is 2. The van der Waals surface area contributed by atoms with Crippen LogP contribution in [0, 0.1) is 5.92 Å². The highest BCUT2D eigenvalue weighted by atomic mass is 15.2. The predicted molar refractivity (Wildman–Crippen MR) is 86.1 cm³/mol. The predicted octanol–water partition coefficient (Wildman–Crippen LogP) is 3.60. The van der Waals surface area contributed by atoms with Gasteiger partial charge in [0.25, 0.3) is 0 Å². The maximum absolute atomic E-state index is 4.65. The van der Waals surface area contributed by atoms with E-state index in [9.17, 15) is 0 Å². The summed E-state index contributed by atoms with van der Waals surface area (Å²) in [6.45, 7) is 6.56. The van der Waals surface area contributed by atoms with Gasteiger partial charge in [-0.05, 0) is 43.4 Å². The van der Waals surface area contributed by atoms with E-state index in [2.05, 4.69) is 48.2 Å². The lowest BCUT2D eigenvalue weighted by atomic mass is 9.85. The number of rotatable bonds is 6. The fourth-order valence-corrected chi connectivity index (χ4v) is 3.18. The first kappa shape index (κ1) is 15.3. The summed E-state index contributed by atoms with van der Waals surface area (Å²) in [5, 5.41) is 3.42. The third kappa shape index (κ3) is 3.95. The molecule has 0 amide bonds. The molecule has 1 aromatic rings. The molecule has 0 saturated heterocycles. The van der Waals surface area contributed by atoms with E-state index in [0.29, 0.717) is 6.04 Å². The van der Waals surface area contributed by atoms with Gasteiger partial charge >= 0.3 is 0 Å². The molecule has 1 heterocycles. The van der Waals surface area contributed by atoms with Crippen LogP contribution in [0.3, 0.4) is 0 Å². The van der Waals surface area contributed by atoms with Crippen LogP contribution in [0.25, 0.3) is 0 Å². The summed E-state index contributed by atoms with van der Waals surface area (Å²) in [5.41, 5.74) is 1.27. The van der Waals surface area contributed by atoms with Crippen molar-refractivity contribution in [2.75, 3.05) is 18.5 Å². The highest BCUT2D eigenvalue weighted by Gasteiger charge is 2.25. The van der Waals surface area contributed by atoms with Gasteiger partial charge in [-0.15, -0.1) is 0 Å². The highest BCUT2D eigenvalue weighted by Crippen LogP contribution is 2.29. The molecule has 1 N–H and O–H groups in total. The first-order chi connectivity index (χ1) is 9.72. The van der Waals surface area contributed by atoms with E-state index >= 15 is 0 Å². The molecular weight excluding hydrogens is 246 g/mol. The summed E-state index contributed by atoms with van der Waals surface area (Å²) in [7, 11) is 2.20. The van der Waals surface area contributed by atoms with Gasteiger partial charge in [0.05, 0.1) is 0 Å². The minimum atomic E-state index is 0.653. The molecular formula is C17H29N3. The maximum Gasteiger partial charge on any atom is 0.128 e. The van der Waals surface area contributed by atoms with E-state index in [-0.39, 0.29) is 0 Å². The molecule has 0 spiro atoms. The van der Waals surface area contributed by atoms with E-state index in [1.807, 2.05) is 6.20 Å². The number of hydrogen-bond donors (Lipinski definition) is 1. The zero-order valence-corrected chi connectivity index (χ0v) is 13.2. The van der Waals surface area contributed by atoms with Crippen LogP contribution in [0.1, 0.15) is 51.5 Å². The summed E-state index contributed by atoms with van der Waals surface area (Å²) >= 11 is 0. The third-order valence-corrected chi connectivity index (χ3v) is 4.49. The Morgan fingerprint density at radius 3 is 2.75 bits per heavy atom. The van der Waals surface area contributed by atoms with Crippen molar-refractivity contribution in [3.05, 3.63) is 23.9 Å². The number of nitrogens with one attached hydrogen (secondary N) is 1. The molecule has 112 valence electrons. The molecule has 0 radical (unpaired) electrons. The number of aromatic nitrogens is 1. The quantitative estimate of drug-likeness (QED) is 0.804. The van der Waals surface area contributed by atoms with Gasteiger partial charge in [0.15, 0.2) is 0 Å². The molecule has 2 unspecified atom stereocenters. The molecule has 0 aromatic carbocycles. The van der Waals surface area contributed by atoms with Crippen LogP contribution in [-0.4, -0.2) is 24.6 Å². The second-order valence-electron chi connectivity index (χ2n) is 6.14. The van der Waals surface area contributed by atoms with Crippen LogP contribution in [-0.2, 0) is 6.54 Å². The molecule has 0 aliphatic heterocycles. The van der Waals surface area contributed by atoms with E-state index in [0.717, 1.165) is 24.8 Å². The smallest absolute Gasteiger partial charge is 0.128 e. The largest absolute Gasteiger partial charge is 0.356 e. The van der Waals surface area contributed by atoms with Gasteiger partial charge in [-0.2, -0.15) is 0 Å². The van der Waals surface area contributed by atoms with Gasteiger partial charge in [-0.3, -0.25) is 0 Å². The Labute approximate surface area is 123 Å². The second-order valence-corrected chi connectivity index (χ2v) is 6.14. The summed E-state index contributed by atoms with van der Waals surface area (Å²) in [6, 6.07) is 5.03. The Kier molecular flexibility index (Phi) is 5.84. The summed E-state index contributed by atoms with van der Waals surface area (Å²) in [6.07, 6.45) is 8.60. The van der Waals surface area contributed by atoms with Crippen LogP contribution in [0.2, 0.25) is 0 Å². The molecule has 1 fully saturated rings. The summed E-state index contributed by atoms with van der Waals surface area (Å²) in [5.74, 6) is 1.89. The molecule has 3 heteroatoms. The zero-order chi connectivity index (χ0) is 14.4. The lowest BCUT2D eigenvalue weighted by molar-refractivity contribution is 0.320. The minimum absolute atomic E-state index is 0.653. The van der Waals surface area contributed by atoms with Crippen LogP contribution in [0.4, 0.5) is 5.82 Å². The van der Waals surface area contributed by atoms with Crippen molar-refractivity contribution in [2.24, 2.45) is 5.92 Å². The number of hydrogen-bond acceptors (Lipinski definition) is 3. The van der Waals surface area contributed by atoms with Crippen LogP contribution >= 0.6 is 0 Å². The molecule has 2 atom stereocenters. The van der Waals surface area contributed by atoms with Crippen molar-refractivity contribution in [1.82, 2.24) is 10.3 Å². The van der Waals surface area contributed by atoms with Crippen molar-refractivity contribution in [3.8, 4) is 0 Å². The maximum atomic E-state index is 4.65. The number of anilines is 1. The summed E-state index contributed by atoms with van der Waals surface area (Å²) in [4.78, 5) is 7.03. The Hall–Kier alpha value is -1.09. The topological polar surface area (TPSA) is 28.2 Å². The average molecular weight is 275 g/mol. The molecule has 0 bridgehead atoms. The second kappa shape index (κ2) is 7.63. The molecule has 3 nitrogen and oxygen atoms in total. The highest BCUT2D eigenvalue weighted by molar-refractivity contribution is 5.40. The lowest BCUT2D eigenvalue weighted by Gasteiger charge is -2.37. The molecule has 1 aliphatic carbocycles. The molecule has 2 rings (SSSR count). The van der Waals surface area contributed by atoms with Gasteiger partial charge in [0, 0.05) is 25.8 Å². The van der Waals surface area contributed by atoms with Gasteiger partial charge < -0.3 is 10.2 Å². The van der Waals surface area contributed by atoms with Gasteiger partial charge in [0.1, 0.15) is 5.82 Å². The SMILES string of the molecule is CCCNCc1ccc(N(C)C2CCCCC2C)nc1. The number of pyridine rings is 1. The average Bonchev–Trinajstić information content (AvgIpc) is 2.48. The van der Waals surface area contributed by atoms with E-state index in [1.54, 1.807) is 0 Å². The summed E-state index contributed by atoms with van der Waals surface area (Å²) < 4.78 is 0. The lowest BCUT2D eigenvalue weighted by Crippen LogP contribution is -2.39. The van der Waals surface area contributed by atoms with Crippen molar-refractivity contribution in [1.29, 1.82) is 0 Å². The van der Waals surface area contributed by atoms with E-state index in [4.69, 9.17) is 0 Å².